The van der Waals surface area contributed by atoms with Crippen molar-refractivity contribution >= 4 is 29.9 Å². The van der Waals surface area contributed by atoms with Crippen LogP contribution in [0, 0.1) is 5.82 Å². The molecular weight excluding hydrogens is 434 g/mol. The van der Waals surface area contributed by atoms with Crippen LogP contribution in [0.25, 0.3) is 0 Å². The van der Waals surface area contributed by atoms with E-state index in [4.69, 9.17) is 4.74 Å². The Morgan fingerprint density at radius 3 is 2.64 bits per heavy atom. The van der Waals surface area contributed by atoms with E-state index in [-0.39, 0.29) is 29.8 Å². The van der Waals surface area contributed by atoms with Crippen molar-refractivity contribution in [2.24, 2.45) is 4.99 Å². The van der Waals surface area contributed by atoms with Crippen LogP contribution in [0.4, 0.5) is 4.39 Å². The van der Waals surface area contributed by atoms with Gasteiger partial charge in [0, 0.05) is 32.4 Å². The number of unbranched alkanes of at least 4 members (excludes halogenated alkanes) is 1. The number of halogens is 2. The summed E-state index contributed by atoms with van der Waals surface area (Å²) in [6, 6.07) is 9.60. The van der Waals surface area contributed by atoms with Gasteiger partial charge in [-0.3, -0.25) is 4.99 Å². The van der Waals surface area contributed by atoms with Gasteiger partial charge < -0.3 is 15.4 Å². The molecule has 136 valence electrons. The van der Waals surface area contributed by atoms with Crippen molar-refractivity contribution < 1.29 is 9.13 Å². The summed E-state index contributed by atoms with van der Waals surface area (Å²) < 4.78 is 18.5. The molecule has 0 atom stereocenters. The second-order valence-corrected chi connectivity index (χ2v) is 5.26. The van der Waals surface area contributed by atoms with E-state index in [0.717, 1.165) is 30.9 Å². The van der Waals surface area contributed by atoms with Crippen molar-refractivity contribution in [2.45, 2.75) is 26.3 Å². The van der Waals surface area contributed by atoms with Gasteiger partial charge in [-0.05, 0) is 42.3 Å². The molecule has 0 aliphatic rings. The molecule has 0 spiro atoms. The van der Waals surface area contributed by atoms with E-state index in [1.54, 1.807) is 25.4 Å². The van der Waals surface area contributed by atoms with E-state index in [9.17, 15) is 4.39 Å². The number of rotatable bonds is 7. The first kappa shape index (κ1) is 21.1. The summed E-state index contributed by atoms with van der Waals surface area (Å²) in [6.45, 7) is 3.65. The average molecular weight is 458 g/mol. The number of nitrogens with one attached hydrogen (secondary N) is 2. The van der Waals surface area contributed by atoms with E-state index in [1.807, 2.05) is 12.1 Å². The van der Waals surface area contributed by atoms with Crippen molar-refractivity contribution in [3.63, 3.8) is 0 Å². The molecule has 1 heterocycles. The van der Waals surface area contributed by atoms with Gasteiger partial charge in [-0.15, -0.1) is 24.0 Å². The highest BCUT2D eigenvalue weighted by Crippen LogP contribution is 2.20. The standard InChI is InChI=1S/C18H23FN4O.HI/c1-3-4-10-22-18(20-2)23-13-14-9-11-21-17(12-14)24-16-7-5-15(19)6-8-16;/h5-9,11-12H,3-4,10,13H2,1-2H3,(H2,20,22,23);1H. The lowest BCUT2D eigenvalue weighted by molar-refractivity contribution is 0.460. The lowest BCUT2D eigenvalue weighted by atomic mass is 10.2. The zero-order valence-electron chi connectivity index (χ0n) is 14.5. The third-order valence-electron chi connectivity index (χ3n) is 3.34. The first-order valence-corrected chi connectivity index (χ1v) is 8.04. The second-order valence-electron chi connectivity index (χ2n) is 5.26. The second kappa shape index (κ2) is 11.6. The molecule has 0 radical (unpaired) electrons. The molecule has 1 aromatic carbocycles. The van der Waals surface area contributed by atoms with E-state index in [1.165, 1.54) is 12.1 Å². The van der Waals surface area contributed by atoms with Crippen molar-refractivity contribution in [3.8, 4) is 11.6 Å². The summed E-state index contributed by atoms with van der Waals surface area (Å²) in [6.07, 6.45) is 3.92. The van der Waals surface area contributed by atoms with Gasteiger partial charge >= 0.3 is 0 Å². The van der Waals surface area contributed by atoms with E-state index in [2.05, 4.69) is 27.5 Å². The Bertz CT molecular complexity index is 664. The Morgan fingerprint density at radius 2 is 1.96 bits per heavy atom. The summed E-state index contributed by atoms with van der Waals surface area (Å²) in [5.74, 6) is 1.48. The normalized spacial score (nSPS) is 10.8. The number of benzene rings is 1. The number of nitrogens with zero attached hydrogens (tertiary/aromatic N) is 2. The van der Waals surface area contributed by atoms with Crippen molar-refractivity contribution in [1.29, 1.82) is 0 Å². The average Bonchev–Trinajstić information content (AvgIpc) is 2.60. The van der Waals surface area contributed by atoms with Gasteiger partial charge in [0.05, 0.1) is 0 Å². The number of guanidine groups is 1. The Balaban J connectivity index is 0.00000312. The molecule has 1 aromatic heterocycles. The molecule has 0 saturated heterocycles. The Kier molecular flexibility index (Phi) is 9.83. The van der Waals surface area contributed by atoms with Gasteiger partial charge in [0.25, 0.3) is 0 Å². The molecule has 7 heteroatoms. The molecule has 2 rings (SSSR count). The minimum Gasteiger partial charge on any atom is -0.439 e. The van der Waals surface area contributed by atoms with Gasteiger partial charge in [-0.25, -0.2) is 9.37 Å². The van der Waals surface area contributed by atoms with Crippen LogP contribution >= 0.6 is 24.0 Å². The van der Waals surface area contributed by atoms with E-state index in [0.29, 0.717) is 18.2 Å². The molecule has 0 aliphatic carbocycles. The summed E-state index contributed by atoms with van der Waals surface area (Å²) in [5, 5.41) is 6.51. The van der Waals surface area contributed by atoms with Crippen LogP contribution < -0.4 is 15.4 Å². The number of aliphatic imine (C=N–C) groups is 1. The molecular formula is C18H24FIN4O. The highest BCUT2D eigenvalue weighted by Gasteiger charge is 2.03. The summed E-state index contributed by atoms with van der Waals surface area (Å²) in [7, 11) is 1.75. The summed E-state index contributed by atoms with van der Waals surface area (Å²) in [5.41, 5.74) is 1.01. The topological polar surface area (TPSA) is 58.5 Å². The van der Waals surface area contributed by atoms with Gasteiger partial charge in [0.2, 0.25) is 5.88 Å². The Labute approximate surface area is 165 Å². The smallest absolute Gasteiger partial charge is 0.219 e. The zero-order chi connectivity index (χ0) is 17.2. The van der Waals surface area contributed by atoms with Gasteiger partial charge in [0.1, 0.15) is 11.6 Å². The molecule has 0 amide bonds. The van der Waals surface area contributed by atoms with Crippen LogP contribution in [0.1, 0.15) is 25.3 Å². The number of hydrogen-bond donors (Lipinski definition) is 2. The molecule has 0 unspecified atom stereocenters. The number of ether oxygens (including phenoxy) is 1. The first-order chi connectivity index (χ1) is 11.7. The third-order valence-corrected chi connectivity index (χ3v) is 3.34. The molecule has 25 heavy (non-hydrogen) atoms. The summed E-state index contributed by atoms with van der Waals surface area (Å²) >= 11 is 0. The largest absolute Gasteiger partial charge is 0.439 e. The summed E-state index contributed by atoms with van der Waals surface area (Å²) in [4.78, 5) is 8.36. The zero-order valence-corrected chi connectivity index (χ0v) is 16.8. The predicted octanol–water partition coefficient (Wildman–Crippen LogP) is 4.10. The highest BCUT2D eigenvalue weighted by molar-refractivity contribution is 14.0. The maximum Gasteiger partial charge on any atom is 0.219 e. The molecule has 5 nitrogen and oxygen atoms in total. The fourth-order valence-corrected chi connectivity index (χ4v) is 2.03. The molecule has 2 N–H and O–H groups in total. The van der Waals surface area contributed by atoms with Crippen LogP contribution in [-0.4, -0.2) is 24.5 Å². The number of pyridine rings is 1. The molecule has 0 saturated carbocycles. The van der Waals surface area contributed by atoms with Crippen molar-refractivity contribution in [3.05, 3.63) is 54.0 Å². The Hall–Kier alpha value is -1.90. The van der Waals surface area contributed by atoms with Crippen LogP contribution in [0.5, 0.6) is 11.6 Å². The van der Waals surface area contributed by atoms with Crippen molar-refractivity contribution in [2.75, 3.05) is 13.6 Å². The monoisotopic (exact) mass is 458 g/mol. The maximum atomic E-state index is 12.9. The van der Waals surface area contributed by atoms with E-state index >= 15 is 0 Å². The SMILES string of the molecule is CCCCNC(=NC)NCc1ccnc(Oc2ccc(F)cc2)c1.I. The fourth-order valence-electron chi connectivity index (χ4n) is 2.03. The minimum atomic E-state index is -0.296. The van der Waals surface area contributed by atoms with Crippen LogP contribution in [0.15, 0.2) is 47.6 Å². The van der Waals surface area contributed by atoms with Crippen molar-refractivity contribution in [1.82, 2.24) is 15.6 Å². The number of aromatic nitrogens is 1. The Morgan fingerprint density at radius 1 is 1.20 bits per heavy atom. The quantitative estimate of drug-likeness (QED) is 0.284. The highest BCUT2D eigenvalue weighted by atomic mass is 127. The predicted molar refractivity (Wildman–Crippen MR) is 109 cm³/mol. The fraction of sp³-hybridized carbons (Fsp3) is 0.333. The third kappa shape index (κ3) is 7.68. The first-order valence-electron chi connectivity index (χ1n) is 8.04. The molecule has 0 bridgehead atoms. The lowest BCUT2D eigenvalue weighted by Gasteiger charge is -2.12. The lowest BCUT2D eigenvalue weighted by Crippen LogP contribution is -2.37. The van der Waals surface area contributed by atoms with Gasteiger partial charge in [-0.1, -0.05) is 13.3 Å². The minimum absolute atomic E-state index is 0. The van der Waals surface area contributed by atoms with Gasteiger partial charge in [0.15, 0.2) is 5.96 Å². The van der Waals surface area contributed by atoms with Crippen LogP contribution in [0.3, 0.4) is 0 Å². The van der Waals surface area contributed by atoms with Gasteiger partial charge in [-0.2, -0.15) is 0 Å². The molecule has 2 aromatic rings. The van der Waals surface area contributed by atoms with Crippen LogP contribution in [0.2, 0.25) is 0 Å². The van der Waals surface area contributed by atoms with Crippen LogP contribution in [-0.2, 0) is 6.54 Å². The van der Waals surface area contributed by atoms with E-state index < -0.39 is 0 Å². The molecule has 0 aliphatic heterocycles. The maximum absolute atomic E-state index is 12.9. The molecule has 0 fully saturated rings. The number of hydrogen-bond acceptors (Lipinski definition) is 3.